The maximum atomic E-state index is 13.1. The molecular formula is C46H53N9O6. The lowest BCUT2D eigenvalue weighted by Crippen LogP contribution is -2.52. The third kappa shape index (κ3) is 9.09. The van der Waals surface area contributed by atoms with Gasteiger partial charge in [0.05, 0.1) is 31.2 Å². The molecule has 2 atom stereocenters. The van der Waals surface area contributed by atoms with Crippen LogP contribution in [0.5, 0.6) is 11.5 Å². The van der Waals surface area contributed by atoms with Gasteiger partial charge < -0.3 is 29.7 Å². The molecule has 0 spiro atoms. The van der Waals surface area contributed by atoms with Gasteiger partial charge in [0.2, 0.25) is 11.8 Å². The summed E-state index contributed by atoms with van der Waals surface area (Å²) in [5.74, 6) is 1.75. The normalized spacial score (nSPS) is 20.0. The fourth-order valence-electron chi connectivity index (χ4n) is 9.19. The van der Waals surface area contributed by atoms with Crippen molar-refractivity contribution in [3.63, 3.8) is 0 Å². The first kappa shape index (κ1) is 40.5. The summed E-state index contributed by atoms with van der Waals surface area (Å²) in [5, 5.41) is 8.24. The summed E-state index contributed by atoms with van der Waals surface area (Å²) < 4.78 is 20.1. The Labute approximate surface area is 355 Å². The molecule has 15 nitrogen and oxygen atoms in total. The monoisotopic (exact) mass is 827 g/mol. The molecule has 2 unspecified atom stereocenters. The number of hydrogen-bond donors (Lipinski definition) is 2. The molecule has 3 amide bonds. The molecule has 4 aliphatic heterocycles. The van der Waals surface area contributed by atoms with Gasteiger partial charge in [0.25, 0.3) is 5.91 Å². The van der Waals surface area contributed by atoms with Gasteiger partial charge in [-0.15, -0.1) is 0 Å². The lowest BCUT2D eigenvalue weighted by atomic mass is 9.93. The van der Waals surface area contributed by atoms with E-state index in [0.717, 1.165) is 116 Å². The zero-order chi connectivity index (χ0) is 41.7. The van der Waals surface area contributed by atoms with Crippen LogP contribution in [0.2, 0.25) is 0 Å². The Morgan fingerprint density at radius 2 is 1.61 bits per heavy atom. The SMILES string of the molecule is Nc1ncnc2c1c(-c1ccc(Oc3ccccc3)cc1)nn2C1CCCN(CCOCCOCCC2CCN(c3ccc4c(c3)CN(C3CCC(=O)NC3=O)C4=O)CC2)C1. The number of nitrogens with zero attached hydrogens (tertiary/aromatic N) is 7. The lowest BCUT2D eigenvalue weighted by molar-refractivity contribution is -0.136. The van der Waals surface area contributed by atoms with Gasteiger partial charge in [-0.3, -0.25) is 24.6 Å². The molecule has 5 aromatic rings. The number of amides is 3. The Morgan fingerprint density at radius 1 is 0.820 bits per heavy atom. The smallest absolute Gasteiger partial charge is 0.255 e. The summed E-state index contributed by atoms with van der Waals surface area (Å²) in [4.78, 5) is 52.5. The van der Waals surface area contributed by atoms with E-state index < -0.39 is 6.04 Å². The third-order valence-corrected chi connectivity index (χ3v) is 12.5. The number of nitrogen functional groups attached to an aromatic ring is 1. The van der Waals surface area contributed by atoms with Gasteiger partial charge in [-0.1, -0.05) is 18.2 Å². The van der Waals surface area contributed by atoms with E-state index in [2.05, 4.69) is 31.2 Å². The Morgan fingerprint density at radius 3 is 2.41 bits per heavy atom. The summed E-state index contributed by atoms with van der Waals surface area (Å²) in [7, 11) is 0. The molecule has 6 heterocycles. The summed E-state index contributed by atoms with van der Waals surface area (Å²) in [6, 6.07) is 23.2. The van der Waals surface area contributed by atoms with Crippen molar-refractivity contribution >= 4 is 40.3 Å². The minimum absolute atomic E-state index is 0.137. The standard InChI is InChI=1S/C46H53N9O6/c47-43-41-42(32-8-11-37(12-9-32)61-36-6-2-1-3-7-36)51-55(44(41)49-30-48-43)35-5-4-19-52(29-35)22-24-60-26-25-59-23-18-31-16-20-53(21-17-31)34-10-13-38-33(27-34)28-54(46(38)58)39-14-15-40(56)50-45(39)57/h1-3,6-13,27,30-31,35,39H,4-5,14-26,28-29H2,(H2,47,48,49)(H,50,56,57). The average Bonchev–Trinajstić information content (AvgIpc) is 3.84. The quantitative estimate of drug-likeness (QED) is 0.0991. The predicted molar refractivity (Wildman–Crippen MR) is 230 cm³/mol. The summed E-state index contributed by atoms with van der Waals surface area (Å²) in [6.45, 7) is 7.49. The van der Waals surface area contributed by atoms with Crippen molar-refractivity contribution < 1.29 is 28.6 Å². The minimum Gasteiger partial charge on any atom is -0.457 e. The van der Waals surface area contributed by atoms with E-state index in [1.54, 1.807) is 4.90 Å². The van der Waals surface area contributed by atoms with Gasteiger partial charge in [0, 0.05) is 62.6 Å². The van der Waals surface area contributed by atoms with Gasteiger partial charge in [-0.05, 0) is 111 Å². The molecule has 318 valence electrons. The molecule has 3 N–H and O–H groups in total. The van der Waals surface area contributed by atoms with Crippen LogP contribution < -0.4 is 20.7 Å². The molecule has 15 heteroatoms. The lowest BCUT2D eigenvalue weighted by Gasteiger charge is -2.34. The van der Waals surface area contributed by atoms with Gasteiger partial charge in [0.1, 0.15) is 35.4 Å². The zero-order valence-electron chi connectivity index (χ0n) is 34.4. The summed E-state index contributed by atoms with van der Waals surface area (Å²) in [5.41, 5.74) is 11.6. The second kappa shape index (κ2) is 18.4. The van der Waals surface area contributed by atoms with Gasteiger partial charge in [0.15, 0.2) is 5.65 Å². The van der Waals surface area contributed by atoms with Crippen LogP contribution in [0.15, 0.2) is 79.1 Å². The number of hydrogen-bond acceptors (Lipinski definition) is 12. The van der Waals surface area contributed by atoms with E-state index >= 15 is 0 Å². The number of nitrogens with one attached hydrogen (secondary N) is 1. The van der Waals surface area contributed by atoms with Gasteiger partial charge in [-0.25, -0.2) is 14.6 Å². The number of benzene rings is 3. The molecule has 0 saturated carbocycles. The van der Waals surface area contributed by atoms with Crippen molar-refractivity contribution in [3.8, 4) is 22.8 Å². The Hall–Kier alpha value is -5.90. The number of carbonyl (C=O) groups is 3. The number of carbonyl (C=O) groups excluding carboxylic acids is 3. The molecule has 3 aromatic carbocycles. The van der Waals surface area contributed by atoms with Gasteiger partial charge in [-0.2, -0.15) is 5.10 Å². The fraction of sp³-hybridized carbons (Fsp3) is 0.435. The van der Waals surface area contributed by atoms with Crippen LogP contribution in [0.1, 0.15) is 66.9 Å². The topological polar surface area (TPSA) is 170 Å². The van der Waals surface area contributed by atoms with Gasteiger partial charge >= 0.3 is 0 Å². The predicted octanol–water partition coefficient (Wildman–Crippen LogP) is 5.61. The van der Waals surface area contributed by atoms with Crippen LogP contribution in [0, 0.1) is 5.92 Å². The molecule has 0 radical (unpaired) electrons. The largest absolute Gasteiger partial charge is 0.457 e. The first-order chi connectivity index (χ1) is 29.9. The Kier molecular flexibility index (Phi) is 12.2. The molecule has 61 heavy (non-hydrogen) atoms. The first-order valence-electron chi connectivity index (χ1n) is 21.6. The van der Waals surface area contributed by atoms with E-state index in [4.69, 9.17) is 25.0 Å². The highest BCUT2D eigenvalue weighted by molar-refractivity contribution is 6.05. The third-order valence-electron chi connectivity index (χ3n) is 12.5. The van der Waals surface area contributed by atoms with Crippen LogP contribution in [0.25, 0.3) is 22.3 Å². The number of anilines is 2. The van der Waals surface area contributed by atoms with Crippen molar-refractivity contribution in [2.24, 2.45) is 5.92 Å². The highest BCUT2D eigenvalue weighted by Gasteiger charge is 2.39. The van der Waals surface area contributed by atoms with Crippen LogP contribution in [-0.4, -0.2) is 112 Å². The van der Waals surface area contributed by atoms with Crippen molar-refractivity contribution in [3.05, 3.63) is 90.3 Å². The number of rotatable bonds is 15. The van der Waals surface area contributed by atoms with E-state index in [1.165, 1.54) is 6.33 Å². The minimum atomic E-state index is -0.597. The number of imide groups is 1. The second-order valence-corrected chi connectivity index (χ2v) is 16.5. The molecular weight excluding hydrogens is 775 g/mol. The first-order valence-corrected chi connectivity index (χ1v) is 21.6. The van der Waals surface area contributed by atoms with Crippen molar-refractivity contribution in [1.82, 2.24) is 34.9 Å². The number of piperidine rings is 3. The number of nitrogens with two attached hydrogens (primary N) is 1. The number of ether oxygens (including phenoxy) is 3. The maximum absolute atomic E-state index is 13.1. The van der Waals surface area contributed by atoms with Crippen LogP contribution in [0.4, 0.5) is 11.5 Å². The van der Waals surface area contributed by atoms with E-state index in [9.17, 15) is 14.4 Å². The van der Waals surface area contributed by atoms with Crippen LogP contribution >= 0.6 is 0 Å². The number of fused-ring (bicyclic) bond motifs is 2. The molecule has 0 bridgehead atoms. The highest BCUT2D eigenvalue weighted by Crippen LogP contribution is 2.36. The molecule has 3 fully saturated rings. The molecule has 0 aliphatic carbocycles. The zero-order valence-corrected chi connectivity index (χ0v) is 34.4. The molecule has 2 aromatic heterocycles. The summed E-state index contributed by atoms with van der Waals surface area (Å²) in [6.07, 6.45) is 7.38. The summed E-state index contributed by atoms with van der Waals surface area (Å²) >= 11 is 0. The average molecular weight is 828 g/mol. The Bertz CT molecular complexity index is 2350. The maximum Gasteiger partial charge on any atom is 0.255 e. The number of aromatic nitrogens is 4. The van der Waals surface area contributed by atoms with E-state index in [-0.39, 0.29) is 30.2 Å². The van der Waals surface area contributed by atoms with Crippen molar-refractivity contribution in [2.45, 2.75) is 63.6 Å². The van der Waals surface area contributed by atoms with Crippen LogP contribution in [0.3, 0.4) is 0 Å². The van der Waals surface area contributed by atoms with Crippen molar-refractivity contribution in [2.75, 3.05) is 69.8 Å². The second-order valence-electron chi connectivity index (χ2n) is 16.5. The molecule has 9 rings (SSSR count). The molecule has 3 saturated heterocycles. The van der Waals surface area contributed by atoms with E-state index in [0.29, 0.717) is 50.1 Å². The van der Waals surface area contributed by atoms with Crippen molar-refractivity contribution in [1.29, 1.82) is 0 Å². The number of likely N-dealkylation sites (tertiary alicyclic amines) is 1. The fourth-order valence-corrected chi connectivity index (χ4v) is 9.19. The number of para-hydroxylation sites is 1. The Balaban J connectivity index is 0.684. The highest BCUT2D eigenvalue weighted by atomic mass is 16.5. The van der Waals surface area contributed by atoms with Crippen LogP contribution in [-0.2, 0) is 25.6 Å². The van der Waals surface area contributed by atoms with E-state index in [1.807, 2.05) is 71.4 Å². The molecule has 4 aliphatic rings.